The van der Waals surface area contributed by atoms with Crippen LogP contribution in [0, 0.1) is 5.95 Å². The van der Waals surface area contributed by atoms with Crippen molar-refractivity contribution in [2.24, 2.45) is 0 Å². The molecule has 5 heteroatoms. The van der Waals surface area contributed by atoms with E-state index in [0.29, 0.717) is 6.04 Å². The molecule has 0 aliphatic carbocycles. The number of pyridine rings is 1. The number of anilines is 1. The average molecular weight is 278 g/mol. The van der Waals surface area contributed by atoms with E-state index in [4.69, 9.17) is 0 Å². The number of aromatic nitrogens is 1. The van der Waals surface area contributed by atoms with Crippen LogP contribution in [-0.2, 0) is 0 Å². The van der Waals surface area contributed by atoms with Gasteiger partial charge in [-0.1, -0.05) is 13.0 Å². The summed E-state index contributed by atoms with van der Waals surface area (Å²) in [5.74, 6) is 0.391. The van der Waals surface area contributed by atoms with Gasteiger partial charge in [-0.3, -0.25) is 4.90 Å². The van der Waals surface area contributed by atoms with E-state index in [2.05, 4.69) is 26.6 Å². The molecule has 0 bridgehead atoms. The highest BCUT2D eigenvalue weighted by molar-refractivity contribution is 5.39. The molecule has 1 unspecified atom stereocenters. The van der Waals surface area contributed by atoms with Crippen molar-refractivity contribution in [1.82, 2.24) is 14.8 Å². The first kappa shape index (κ1) is 13.8. The molecule has 0 spiro atoms. The van der Waals surface area contributed by atoms with Crippen molar-refractivity contribution in [3.05, 3.63) is 24.1 Å². The zero-order valence-electron chi connectivity index (χ0n) is 12.1. The molecule has 3 heterocycles. The van der Waals surface area contributed by atoms with E-state index in [1.807, 2.05) is 6.07 Å². The highest BCUT2D eigenvalue weighted by Gasteiger charge is 2.30. The van der Waals surface area contributed by atoms with Crippen LogP contribution < -0.4 is 4.90 Å². The molecular formula is C15H23FN4. The molecule has 0 N–H and O–H groups in total. The van der Waals surface area contributed by atoms with E-state index in [1.54, 1.807) is 6.07 Å². The Hall–Kier alpha value is -1.20. The fraction of sp³-hybridized carbons (Fsp3) is 0.667. The molecule has 0 amide bonds. The quantitative estimate of drug-likeness (QED) is 0.780. The maximum Gasteiger partial charge on any atom is 0.214 e. The smallest absolute Gasteiger partial charge is 0.214 e. The van der Waals surface area contributed by atoms with E-state index in [0.717, 1.165) is 45.0 Å². The summed E-state index contributed by atoms with van der Waals surface area (Å²) in [6.45, 7) is 9.99. The minimum Gasteiger partial charge on any atom is -0.355 e. The van der Waals surface area contributed by atoms with Crippen LogP contribution in [0.1, 0.15) is 13.3 Å². The van der Waals surface area contributed by atoms with Gasteiger partial charge in [-0.2, -0.15) is 4.39 Å². The number of halogens is 1. The predicted octanol–water partition coefficient (Wildman–Crippen LogP) is 1.44. The Morgan fingerprint density at radius 3 is 2.70 bits per heavy atom. The third-order valence-corrected chi connectivity index (χ3v) is 4.56. The monoisotopic (exact) mass is 278 g/mol. The summed E-state index contributed by atoms with van der Waals surface area (Å²) < 4.78 is 13.2. The molecule has 1 aromatic rings. The number of likely N-dealkylation sites (N-methyl/N-ethyl adjacent to an activating group) is 1. The number of hydrogen-bond donors (Lipinski definition) is 0. The van der Waals surface area contributed by atoms with Gasteiger partial charge in [-0.25, -0.2) is 4.98 Å². The Morgan fingerprint density at radius 2 is 2.00 bits per heavy atom. The molecule has 1 atom stereocenters. The lowest BCUT2D eigenvalue weighted by molar-refractivity contribution is 0.107. The second-order valence-corrected chi connectivity index (χ2v) is 5.68. The van der Waals surface area contributed by atoms with Crippen molar-refractivity contribution in [2.75, 3.05) is 50.7 Å². The predicted molar refractivity (Wildman–Crippen MR) is 78.5 cm³/mol. The summed E-state index contributed by atoms with van der Waals surface area (Å²) in [5, 5.41) is 0. The summed E-state index contributed by atoms with van der Waals surface area (Å²) in [4.78, 5) is 11.3. The second kappa shape index (κ2) is 6.06. The van der Waals surface area contributed by atoms with E-state index in [9.17, 15) is 4.39 Å². The average Bonchev–Trinajstić information content (AvgIpc) is 2.97. The molecule has 2 fully saturated rings. The summed E-state index contributed by atoms with van der Waals surface area (Å²) in [6, 6.07) is 5.64. The van der Waals surface area contributed by atoms with E-state index in [1.165, 1.54) is 19.2 Å². The van der Waals surface area contributed by atoms with Gasteiger partial charge in [-0.15, -0.1) is 0 Å². The Balaban J connectivity index is 1.57. The normalized spacial score (nSPS) is 25.3. The lowest BCUT2D eigenvalue weighted by atomic mass is 10.2. The molecule has 110 valence electrons. The first-order chi connectivity index (χ1) is 9.76. The molecule has 3 rings (SSSR count). The van der Waals surface area contributed by atoms with Crippen molar-refractivity contribution in [2.45, 2.75) is 19.4 Å². The minimum absolute atomic E-state index is 0.387. The van der Waals surface area contributed by atoms with Gasteiger partial charge in [0.2, 0.25) is 5.95 Å². The summed E-state index contributed by atoms with van der Waals surface area (Å²) in [6.07, 6.45) is 1.16. The van der Waals surface area contributed by atoms with Gasteiger partial charge >= 0.3 is 0 Å². The fourth-order valence-electron chi connectivity index (χ4n) is 3.27. The van der Waals surface area contributed by atoms with Crippen molar-refractivity contribution in [1.29, 1.82) is 0 Å². The number of piperazine rings is 1. The zero-order chi connectivity index (χ0) is 13.9. The maximum absolute atomic E-state index is 13.2. The van der Waals surface area contributed by atoms with Crippen molar-refractivity contribution >= 4 is 5.82 Å². The first-order valence-corrected chi connectivity index (χ1v) is 7.60. The molecular weight excluding hydrogens is 255 g/mol. The largest absolute Gasteiger partial charge is 0.355 e. The number of rotatable bonds is 3. The Morgan fingerprint density at radius 1 is 1.20 bits per heavy atom. The lowest BCUT2D eigenvalue weighted by Crippen LogP contribution is -2.50. The first-order valence-electron chi connectivity index (χ1n) is 7.60. The van der Waals surface area contributed by atoms with Crippen LogP contribution in [0.15, 0.2) is 18.2 Å². The van der Waals surface area contributed by atoms with Crippen molar-refractivity contribution < 1.29 is 4.39 Å². The van der Waals surface area contributed by atoms with E-state index >= 15 is 0 Å². The van der Waals surface area contributed by atoms with E-state index in [-0.39, 0.29) is 5.95 Å². The van der Waals surface area contributed by atoms with Gasteiger partial charge in [0.15, 0.2) is 0 Å². The SMILES string of the molecule is CCN1CCN(C2CCN(c3cccc(F)n3)C2)CC1. The minimum atomic E-state index is -0.387. The van der Waals surface area contributed by atoms with Crippen molar-refractivity contribution in [3.8, 4) is 0 Å². The second-order valence-electron chi connectivity index (χ2n) is 5.68. The maximum atomic E-state index is 13.2. The molecule has 2 aliphatic rings. The molecule has 4 nitrogen and oxygen atoms in total. The van der Waals surface area contributed by atoms with Gasteiger partial charge in [0.05, 0.1) is 0 Å². The van der Waals surface area contributed by atoms with Gasteiger partial charge in [0.25, 0.3) is 0 Å². The highest BCUT2D eigenvalue weighted by atomic mass is 19.1. The van der Waals surface area contributed by atoms with E-state index < -0.39 is 0 Å². The zero-order valence-corrected chi connectivity index (χ0v) is 12.1. The topological polar surface area (TPSA) is 22.6 Å². The van der Waals surface area contributed by atoms with Gasteiger partial charge in [-0.05, 0) is 25.1 Å². The lowest BCUT2D eigenvalue weighted by Gasteiger charge is -2.37. The molecule has 0 radical (unpaired) electrons. The van der Waals surface area contributed by atoms with Crippen LogP contribution in [0.3, 0.4) is 0 Å². The molecule has 2 saturated heterocycles. The van der Waals surface area contributed by atoms with Crippen molar-refractivity contribution in [3.63, 3.8) is 0 Å². The highest BCUT2D eigenvalue weighted by Crippen LogP contribution is 2.22. The fourth-order valence-corrected chi connectivity index (χ4v) is 3.27. The Bertz CT molecular complexity index is 445. The van der Waals surface area contributed by atoms with Crippen LogP contribution in [0.5, 0.6) is 0 Å². The third kappa shape index (κ3) is 2.94. The molecule has 1 aromatic heterocycles. The van der Waals surface area contributed by atoms with Crippen LogP contribution >= 0.6 is 0 Å². The molecule has 0 saturated carbocycles. The number of hydrogen-bond acceptors (Lipinski definition) is 4. The Kier molecular flexibility index (Phi) is 4.17. The Labute approximate surface area is 120 Å². The van der Waals surface area contributed by atoms with Crippen LogP contribution in [-0.4, -0.2) is 66.6 Å². The summed E-state index contributed by atoms with van der Waals surface area (Å²) in [5.41, 5.74) is 0. The standard InChI is InChI=1S/C15H23FN4/c1-2-18-8-10-19(11-9-18)13-6-7-20(12-13)15-5-3-4-14(16)17-15/h3-5,13H,2,6-12H2,1H3. The molecule has 2 aliphatic heterocycles. The van der Waals surface area contributed by atoms with Crippen LogP contribution in [0.2, 0.25) is 0 Å². The van der Waals surface area contributed by atoms with Crippen LogP contribution in [0.4, 0.5) is 10.2 Å². The summed E-state index contributed by atoms with van der Waals surface area (Å²) >= 11 is 0. The summed E-state index contributed by atoms with van der Waals surface area (Å²) in [7, 11) is 0. The van der Waals surface area contributed by atoms with Crippen LogP contribution in [0.25, 0.3) is 0 Å². The van der Waals surface area contributed by atoms with Gasteiger partial charge in [0.1, 0.15) is 5.82 Å². The number of nitrogens with zero attached hydrogens (tertiary/aromatic N) is 4. The van der Waals surface area contributed by atoms with Gasteiger partial charge in [0, 0.05) is 45.3 Å². The van der Waals surface area contributed by atoms with Gasteiger partial charge < -0.3 is 9.80 Å². The third-order valence-electron chi connectivity index (χ3n) is 4.56. The molecule has 20 heavy (non-hydrogen) atoms. The molecule has 0 aromatic carbocycles.